The second kappa shape index (κ2) is 8.84. The average Bonchev–Trinajstić information content (AvgIpc) is 2.79. The fraction of sp³-hybridized carbons (Fsp3) is 0.360. The van der Waals surface area contributed by atoms with Crippen LogP contribution in [0.5, 0.6) is 17.2 Å². The standard InChI is InChI=1S/C25H27NO5/c1-4-31-23-11-6-5-8-19(23)20-15-24(28)26(21-9-7-10-22(27)25(20)21)16-12-17(29-2)14-18(13-16)30-3/h5-6,8,11-14,20H,4,7,9-10,15H2,1-3H3. The molecule has 6 nitrogen and oxygen atoms in total. The van der Waals surface area contributed by atoms with Gasteiger partial charge >= 0.3 is 0 Å². The molecule has 0 radical (unpaired) electrons. The zero-order valence-electron chi connectivity index (χ0n) is 18.1. The van der Waals surface area contributed by atoms with E-state index in [1.54, 1.807) is 37.3 Å². The molecule has 1 aliphatic heterocycles. The third-order valence-electron chi connectivity index (χ3n) is 5.86. The highest BCUT2D eigenvalue weighted by Crippen LogP contribution is 2.46. The maximum atomic E-state index is 13.5. The first-order valence-corrected chi connectivity index (χ1v) is 10.6. The Morgan fingerprint density at radius 3 is 2.39 bits per heavy atom. The summed E-state index contributed by atoms with van der Waals surface area (Å²) in [7, 11) is 3.15. The number of allylic oxidation sites excluding steroid dienone is 2. The minimum Gasteiger partial charge on any atom is -0.497 e. The zero-order chi connectivity index (χ0) is 22.0. The monoisotopic (exact) mass is 421 g/mol. The molecule has 162 valence electrons. The third-order valence-corrected chi connectivity index (χ3v) is 5.86. The molecule has 1 heterocycles. The van der Waals surface area contributed by atoms with Crippen LogP contribution in [-0.4, -0.2) is 32.5 Å². The summed E-state index contributed by atoms with van der Waals surface area (Å²) in [5.41, 5.74) is 3.04. The van der Waals surface area contributed by atoms with Crippen LogP contribution in [0.2, 0.25) is 0 Å². The highest BCUT2D eigenvalue weighted by Gasteiger charge is 2.40. The van der Waals surface area contributed by atoms with Crippen molar-refractivity contribution in [1.82, 2.24) is 0 Å². The van der Waals surface area contributed by atoms with Crippen LogP contribution < -0.4 is 19.1 Å². The first-order valence-electron chi connectivity index (χ1n) is 10.6. The van der Waals surface area contributed by atoms with E-state index in [1.165, 1.54) is 0 Å². The van der Waals surface area contributed by atoms with Crippen LogP contribution in [0.15, 0.2) is 53.7 Å². The maximum Gasteiger partial charge on any atom is 0.232 e. The van der Waals surface area contributed by atoms with Gasteiger partial charge in [0, 0.05) is 53.8 Å². The van der Waals surface area contributed by atoms with Gasteiger partial charge in [0.25, 0.3) is 0 Å². The van der Waals surface area contributed by atoms with E-state index < -0.39 is 0 Å². The van der Waals surface area contributed by atoms with Crippen molar-refractivity contribution in [2.45, 2.75) is 38.5 Å². The van der Waals surface area contributed by atoms with E-state index >= 15 is 0 Å². The number of para-hydroxylation sites is 1. The Kier molecular flexibility index (Phi) is 5.98. The lowest BCUT2D eigenvalue weighted by molar-refractivity contribution is -0.119. The molecule has 31 heavy (non-hydrogen) atoms. The number of carbonyl (C=O) groups excluding carboxylic acids is 2. The highest BCUT2D eigenvalue weighted by molar-refractivity contribution is 6.07. The SMILES string of the molecule is CCOc1ccccc1C1CC(=O)N(c2cc(OC)cc(OC)c2)C2=C1C(=O)CCC2. The Bertz CT molecular complexity index is 1020. The van der Waals surface area contributed by atoms with Crippen molar-refractivity contribution in [3.63, 3.8) is 0 Å². The number of methoxy groups -OCH3 is 2. The van der Waals surface area contributed by atoms with Gasteiger partial charge in [0.05, 0.1) is 26.5 Å². The number of carbonyl (C=O) groups is 2. The lowest BCUT2D eigenvalue weighted by Gasteiger charge is -2.38. The van der Waals surface area contributed by atoms with Crippen LogP contribution in [0, 0.1) is 0 Å². The van der Waals surface area contributed by atoms with Crippen molar-refractivity contribution in [2.24, 2.45) is 0 Å². The second-order valence-corrected chi connectivity index (χ2v) is 7.66. The van der Waals surface area contributed by atoms with Crippen LogP contribution in [-0.2, 0) is 9.59 Å². The van der Waals surface area contributed by atoms with Crippen LogP contribution in [0.4, 0.5) is 5.69 Å². The molecule has 0 N–H and O–H groups in total. The molecule has 1 aliphatic carbocycles. The molecule has 0 bridgehead atoms. The summed E-state index contributed by atoms with van der Waals surface area (Å²) >= 11 is 0. The summed E-state index contributed by atoms with van der Waals surface area (Å²) in [5.74, 6) is 1.65. The molecule has 0 fully saturated rings. The van der Waals surface area contributed by atoms with Crippen molar-refractivity contribution >= 4 is 17.4 Å². The van der Waals surface area contributed by atoms with Crippen molar-refractivity contribution in [1.29, 1.82) is 0 Å². The van der Waals surface area contributed by atoms with Gasteiger partial charge in [-0.25, -0.2) is 0 Å². The summed E-state index contributed by atoms with van der Waals surface area (Å²) < 4.78 is 16.6. The smallest absolute Gasteiger partial charge is 0.232 e. The quantitative estimate of drug-likeness (QED) is 0.680. The number of benzene rings is 2. The Labute approximate surface area is 182 Å². The molecule has 1 unspecified atom stereocenters. The highest BCUT2D eigenvalue weighted by atomic mass is 16.5. The molecule has 1 atom stereocenters. The maximum absolute atomic E-state index is 13.5. The van der Waals surface area contributed by atoms with Gasteiger partial charge in [-0.2, -0.15) is 0 Å². The van der Waals surface area contributed by atoms with Gasteiger partial charge in [0.2, 0.25) is 5.91 Å². The van der Waals surface area contributed by atoms with E-state index in [0.29, 0.717) is 36.6 Å². The molecule has 2 aromatic rings. The molecule has 6 heteroatoms. The van der Waals surface area contributed by atoms with Crippen LogP contribution in [0.1, 0.15) is 44.1 Å². The molecule has 0 spiro atoms. The number of hydrogen-bond donors (Lipinski definition) is 0. The van der Waals surface area contributed by atoms with Crippen LogP contribution in [0.25, 0.3) is 0 Å². The van der Waals surface area contributed by atoms with Gasteiger partial charge in [-0.3, -0.25) is 14.5 Å². The van der Waals surface area contributed by atoms with Gasteiger partial charge in [0.15, 0.2) is 5.78 Å². The van der Waals surface area contributed by atoms with Gasteiger partial charge in [-0.05, 0) is 25.8 Å². The van der Waals surface area contributed by atoms with E-state index in [-0.39, 0.29) is 24.0 Å². The number of Topliss-reactive ketones (excluding diaryl/α,β-unsaturated/α-hetero) is 1. The number of amides is 1. The van der Waals surface area contributed by atoms with Crippen molar-refractivity contribution in [3.05, 3.63) is 59.3 Å². The topological polar surface area (TPSA) is 65.1 Å². The zero-order valence-corrected chi connectivity index (χ0v) is 18.1. The molecule has 4 rings (SSSR count). The Balaban J connectivity index is 1.87. The molecule has 0 aromatic heterocycles. The average molecular weight is 421 g/mol. The van der Waals surface area contributed by atoms with Crippen molar-refractivity contribution in [2.75, 3.05) is 25.7 Å². The Hall–Kier alpha value is -3.28. The first-order chi connectivity index (χ1) is 15.1. The van der Waals surface area contributed by atoms with E-state index in [4.69, 9.17) is 14.2 Å². The largest absolute Gasteiger partial charge is 0.497 e. The van der Waals surface area contributed by atoms with Crippen molar-refractivity contribution in [3.8, 4) is 17.2 Å². The summed E-state index contributed by atoms with van der Waals surface area (Å²) in [5, 5.41) is 0. The summed E-state index contributed by atoms with van der Waals surface area (Å²) in [6.07, 6.45) is 2.09. The van der Waals surface area contributed by atoms with E-state index in [9.17, 15) is 9.59 Å². The Morgan fingerprint density at radius 2 is 1.71 bits per heavy atom. The van der Waals surface area contributed by atoms with Gasteiger partial charge in [-0.1, -0.05) is 18.2 Å². The van der Waals surface area contributed by atoms with Crippen LogP contribution >= 0.6 is 0 Å². The first kappa shape index (κ1) is 21.0. The van der Waals surface area contributed by atoms with E-state index in [0.717, 1.165) is 29.0 Å². The van der Waals surface area contributed by atoms with Crippen molar-refractivity contribution < 1.29 is 23.8 Å². The number of nitrogens with zero attached hydrogens (tertiary/aromatic N) is 1. The fourth-order valence-electron chi connectivity index (χ4n) is 4.54. The fourth-order valence-corrected chi connectivity index (χ4v) is 4.54. The minimum absolute atomic E-state index is 0.0555. The number of rotatable bonds is 6. The summed E-state index contributed by atoms with van der Waals surface area (Å²) in [6, 6.07) is 13.1. The molecule has 1 amide bonds. The Morgan fingerprint density at radius 1 is 1.00 bits per heavy atom. The third kappa shape index (κ3) is 3.90. The summed E-state index contributed by atoms with van der Waals surface area (Å²) in [4.78, 5) is 28.3. The molecule has 2 aliphatic rings. The molecule has 0 saturated heterocycles. The van der Waals surface area contributed by atoms with Gasteiger partial charge < -0.3 is 14.2 Å². The van der Waals surface area contributed by atoms with Gasteiger partial charge in [0.1, 0.15) is 17.2 Å². The molecule has 0 saturated carbocycles. The summed E-state index contributed by atoms with van der Waals surface area (Å²) in [6.45, 7) is 2.45. The molecular formula is C25H27NO5. The number of ether oxygens (including phenoxy) is 3. The minimum atomic E-state index is -0.304. The second-order valence-electron chi connectivity index (χ2n) is 7.66. The lowest BCUT2D eigenvalue weighted by Crippen LogP contribution is -2.40. The number of hydrogen-bond acceptors (Lipinski definition) is 5. The predicted molar refractivity (Wildman–Crippen MR) is 118 cm³/mol. The van der Waals surface area contributed by atoms with Crippen LogP contribution in [0.3, 0.4) is 0 Å². The van der Waals surface area contributed by atoms with Gasteiger partial charge in [-0.15, -0.1) is 0 Å². The van der Waals surface area contributed by atoms with E-state index in [1.807, 2.05) is 31.2 Å². The normalized spacial score (nSPS) is 18.7. The predicted octanol–water partition coefficient (Wildman–Crippen LogP) is 4.63. The molecule has 2 aromatic carbocycles. The number of ketones is 1. The number of anilines is 1. The lowest BCUT2D eigenvalue weighted by atomic mass is 9.77. The molecular weight excluding hydrogens is 394 g/mol. The van der Waals surface area contributed by atoms with E-state index in [2.05, 4.69) is 0 Å².